The summed E-state index contributed by atoms with van der Waals surface area (Å²) in [6.07, 6.45) is 7.86. The molecule has 2 fully saturated rings. The number of ether oxygens (including phenoxy) is 1. The number of aromatic nitrogens is 2. The fourth-order valence-corrected chi connectivity index (χ4v) is 3.56. The van der Waals surface area contributed by atoms with Gasteiger partial charge in [0.1, 0.15) is 0 Å². The largest absolute Gasteiger partial charge is 0.379 e. The lowest BCUT2D eigenvalue weighted by Crippen LogP contribution is -2.56. The number of rotatable bonds is 4. The van der Waals surface area contributed by atoms with Gasteiger partial charge < -0.3 is 4.74 Å². The molecule has 1 aromatic heterocycles. The summed E-state index contributed by atoms with van der Waals surface area (Å²) in [7, 11) is 0. The van der Waals surface area contributed by atoms with Gasteiger partial charge in [0.05, 0.1) is 30.5 Å². The summed E-state index contributed by atoms with van der Waals surface area (Å²) in [4.78, 5) is 15.4. The van der Waals surface area contributed by atoms with Crippen molar-refractivity contribution in [3.8, 4) is 0 Å². The monoisotopic (exact) mass is 277 g/mol. The van der Waals surface area contributed by atoms with Gasteiger partial charge in [0.25, 0.3) is 0 Å². The van der Waals surface area contributed by atoms with E-state index in [0.717, 1.165) is 64.1 Å². The molecular formula is C15H23N3O2. The summed E-state index contributed by atoms with van der Waals surface area (Å²) in [6.45, 7) is 6.06. The van der Waals surface area contributed by atoms with Crippen LogP contribution in [-0.2, 0) is 11.3 Å². The molecule has 5 heteroatoms. The molecule has 0 aromatic carbocycles. The third kappa shape index (κ3) is 2.29. The van der Waals surface area contributed by atoms with Crippen LogP contribution in [0.3, 0.4) is 0 Å². The first-order chi connectivity index (χ1) is 9.76. The van der Waals surface area contributed by atoms with Crippen LogP contribution in [0.5, 0.6) is 0 Å². The number of carbonyl (C=O) groups is 1. The van der Waals surface area contributed by atoms with Gasteiger partial charge in [-0.1, -0.05) is 12.8 Å². The summed E-state index contributed by atoms with van der Waals surface area (Å²) in [6, 6.07) is 0. The Balaban J connectivity index is 1.87. The first-order valence-corrected chi connectivity index (χ1v) is 7.66. The minimum atomic E-state index is -0.300. The highest BCUT2D eigenvalue weighted by Gasteiger charge is 2.46. The van der Waals surface area contributed by atoms with Crippen molar-refractivity contribution in [3.05, 3.63) is 18.0 Å². The smallest absolute Gasteiger partial charge is 0.186 e. The van der Waals surface area contributed by atoms with Gasteiger partial charge in [-0.3, -0.25) is 14.4 Å². The predicted octanol–water partition coefficient (Wildman–Crippen LogP) is 1.73. The lowest BCUT2D eigenvalue weighted by Gasteiger charge is -2.42. The Morgan fingerprint density at radius 2 is 2.05 bits per heavy atom. The van der Waals surface area contributed by atoms with Gasteiger partial charge in [-0.15, -0.1) is 0 Å². The molecule has 0 radical (unpaired) electrons. The molecule has 2 heterocycles. The first kappa shape index (κ1) is 13.8. The van der Waals surface area contributed by atoms with Gasteiger partial charge in [-0.25, -0.2) is 0 Å². The van der Waals surface area contributed by atoms with Crippen LogP contribution in [0, 0.1) is 0 Å². The van der Waals surface area contributed by atoms with E-state index in [1.54, 1.807) is 6.20 Å². The third-order valence-corrected chi connectivity index (χ3v) is 4.69. The Kier molecular flexibility index (Phi) is 3.89. The van der Waals surface area contributed by atoms with Crippen LogP contribution in [0.25, 0.3) is 0 Å². The van der Waals surface area contributed by atoms with E-state index in [4.69, 9.17) is 4.74 Å². The molecule has 0 bridgehead atoms. The molecule has 1 saturated heterocycles. The van der Waals surface area contributed by atoms with Crippen LogP contribution in [0.2, 0.25) is 0 Å². The summed E-state index contributed by atoms with van der Waals surface area (Å²) >= 11 is 0. The number of nitrogens with zero attached hydrogens (tertiary/aromatic N) is 3. The Morgan fingerprint density at radius 1 is 1.35 bits per heavy atom. The van der Waals surface area contributed by atoms with Gasteiger partial charge in [0.2, 0.25) is 0 Å². The molecule has 3 rings (SSSR count). The van der Waals surface area contributed by atoms with Crippen molar-refractivity contribution in [1.82, 2.24) is 14.7 Å². The highest BCUT2D eigenvalue weighted by Crippen LogP contribution is 2.38. The number of carbonyl (C=O) groups excluding carboxylic acids is 1. The molecule has 0 N–H and O–H groups in total. The Labute approximate surface area is 119 Å². The summed E-state index contributed by atoms with van der Waals surface area (Å²) in [5, 5.41) is 4.26. The SMILES string of the molecule is CCn1cc(C(=O)C2(N3CCOCC3)CCCC2)cn1. The minimum absolute atomic E-state index is 0.261. The predicted molar refractivity (Wildman–Crippen MR) is 75.8 cm³/mol. The van der Waals surface area contributed by atoms with E-state index in [1.165, 1.54) is 0 Å². The van der Waals surface area contributed by atoms with Crippen LogP contribution in [0.1, 0.15) is 43.0 Å². The molecule has 20 heavy (non-hydrogen) atoms. The molecular weight excluding hydrogens is 254 g/mol. The fraction of sp³-hybridized carbons (Fsp3) is 0.733. The first-order valence-electron chi connectivity index (χ1n) is 7.66. The molecule has 1 aromatic rings. The van der Waals surface area contributed by atoms with Gasteiger partial charge >= 0.3 is 0 Å². The molecule has 1 aliphatic heterocycles. The highest BCUT2D eigenvalue weighted by atomic mass is 16.5. The Bertz CT molecular complexity index is 471. The van der Waals surface area contributed by atoms with Crippen molar-refractivity contribution in [1.29, 1.82) is 0 Å². The fourth-order valence-electron chi connectivity index (χ4n) is 3.56. The van der Waals surface area contributed by atoms with Crippen molar-refractivity contribution in [2.75, 3.05) is 26.3 Å². The second-order valence-electron chi connectivity index (χ2n) is 5.75. The van der Waals surface area contributed by atoms with Crippen molar-refractivity contribution in [2.24, 2.45) is 0 Å². The Hall–Kier alpha value is -1.20. The molecule has 110 valence electrons. The van der Waals surface area contributed by atoms with E-state index < -0.39 is 0 Å². The van der Waals surface area contributed by atoms with Gasteiger partial charge in [0.15, 0.2) is 5.78 Å². The normalized spacial score (nSPS) is 23.1. The van der Waals surface area contributed by atoms with Crippen molar-refractivity contribution >= 4 is 5.78 Å². The van der Waals surface area contributed by atoms with Crippen molar-refractivity contribution in [2.45, 2.75) is 44.7 Å². The molecule has 5 nitrogen and oxygen atoms in total. The molecule has 0 spiro atoms. The van der Waals surface area contributed by atoms with Gasteiger partial charge in [0, 0.05) is 25.8 Å². The third-order valence-electron chi connectivity index (χ3n) is 4.69. The van der Waals surface area contributed by atoms with Crippen molar-refractivity contribution in [3.63, 3.8) is 0 Å². The standard InChI is InChI=1S/C15H23N3O2/c1-2-18-12-13(11-16-18)14(19)15(5-3-4-6-15)17-7-9-20-10-8-17/h11-12H,2-10H2,1H3. The van der Waals surface area contributed by atoms with Crippen LogP contribution in [0.15, 0.2) is 12.4 Å². The minimum Gasteiger partial charge on any atom is -0.379 e. The van der Waals surface area contributed by atoms with E-state index in [-0.39, 0.29) is 11.3 Å². The van der Waals surface area contributed by atoms with Crippen LogP contribution >= 0.6 is 0 Å². The van der Waals surface area contributed by atoms with E-state index in [2.05, 4.69) is 10.00 Å². The topological polar surface area (TPSA) is 47.4 Å². The van der Waals surface area contributed by atoms with Gasteiger partial charge in [-0.2, -0.15) is 5.10 Å². The zero-order valence-corrected chi connectivity index (χ0v) is 12.2. The number of Topliss-reactive ketones (excluding diaryl/α,β-unsaturated/α-hetero) is 1. The van der Waals surface area contributed by atoms with Gasteiger partial charge in [-0.05, 0) is 19.8 Å². The lowest BCUT2D eigenvalue weighted by molar-refractivity contribution is -0.0130. The molecule has 0 amide bonds. The highest BCUT2D eigenvalue weighted by molar-refractivity contribution is 6.03. The van der Waals surface area contributed by atoms with Crippen LogP contribution in [-0.4, -0.2) is 52.3 Å². The molecule has 1 aliphatic carbocycles. The number of morpholine rings is 1. The van der Waals surface area contributed by atoms with Crippen molar-refractivity contribution < 1.29 is 9.53 Å². The van der Waals surface area contributed by atoms with Crippen LogP contribution < -0.4 is 0 Å². The second kappa shape index (κ2) is 5.66. The summed E-state index contributed by atoms with van der Waals surface area (Å²) < 4.78 is 7.27. The average Bonchev–Trinajstić information content (AvgIpc) is 3.17. The number of hydrogen-bond donors (Lipinski definition) is 0. The van der Waals surface area contributed by atoms with E-state index in [1.807, 2.05) is 17.8 Å². The quantitative estimate of drug-likeness (QED) is 0.786. The zero-order chi connectivity index (χ0) is 14.0. The summed E-state index contributed by atoms with van der Waals surface area (Å²) in [5.74, 6) is 0.261. The number of hydrogen-bond acceptors (Lipinski definition) is 4. The number of aryl methyl sites for hydroxylation is 1. The molecule has 0 atom stereocenters. The maximum Gasteiger partial charge on any atom is 0.186 e. The molecule has 2 aliphatic rings. The van der Waals surface area contributed by atoms with E-state index >= 15 is 0 Å². The average molecular weight is 277 g/mol. The zero-order valence-electron chi connectivity index (χ0n) is 12.2. The second-order valence-corrected chi connectivity index (χ2v) is 5.75. The van der Waals surface area contributed by atoms with Crippen LogP contribution in [0.4, 0.5) is 0 Å². The maximum atomic E-state index is 13.1. The van der Waals surface area contributed by atoms with E-state index in [0.29, 0.717) is 0 Å². The lowest BCUT2D eigenvalue weighted by atomic mass is 9.86. The molecule has 0 unspecified atom stereocenters. The number of ketones is 1. The maximum absolute atomic E-state index is 13.1. The molecule has 1 saturated carbocycles. The van der Waals surface area contributed by atoms with E-state index in [9.17, 15) is 4.79 Å². The Morgan fingerprint density at radius 3 is 2.65 bits per heavy atom. The summed E-state index contributed by atoms with van der Waals surface area (Å²) in [5.41, 5.74) is 0.464.